The Morgan fingerprint density at radius 1 is 1.50 bits per heavy atom. The van der Waals surface area contributed by atoms with Crippen molar-refractivity contribution in [1.29, 1.82) is 0 Å². The SMILES string of the molecule is CS(=O)(=O)C1CSCCN1C(=O)CC1(CS)CC1. The molecule has 2 fully saturated rings. The highest BCUT2D eigenvalue weighted by Crippen LogP contribution is 2.50. The Hall–Kier alpha value is 0.120. The van der Waals surface area contributed by atoms with Gasteiger partial charge in [-0.2, -0.15) is 24.4 Å². The summed E-state index contributed by atoms with van der Waals surface area (Å²) in [7, 11) is -3.20. The molecule has 2 aliphatic rings. The summed E-state index contributed by atoms with van der Waals surface area (Å²) in [6.07, 6.45) is 3.74. The molecule has 1 aliphatic carbocycles. The maximum Gasteiger partial charge on any atom is 0.224 e. The quantitative estimate of drug-likeness (QED) is 0.788. The molecule has 1 aliphatic heterocycles. The first-order valence-electron chi connectivity index (χ1n) is 6.05. The number of sulfone groups is 1. The molecule has 4 nitrogen and oxygen atoms in total. The molecule has 1 heterocycles. The largest absolute Gasteiger partial charge is 0.324 e. The molecule has 1 atom stereocenters. The van der Waals surface area contributed by atoms with Crippen molar-refractivity contribution >= 4 is 40.1 Å². The summed E-state index contributed by atoms with van der Waals surface area (Å²) in [5, 5.41) is -0.639. The van der Waals surface area contributed by atoms with Crippen LogP contribution in [-0.2, 0) is 14.6 Å². The van der Waals surface area contributed by atoms with E-state index in [2.05, 4.69) is 12.6 Å². The van der Waals surface area contributed by atoms with E-state index in [1.54, 1.807) is 16.7 Å². The average Bonchev–Trinajstić information content (AvgIpc) is 3.08. The number of carbonyl (C=O) groups is 1. The lowest BCUT2D eigenvalue weighted by Crippen LogP contribution is -2.50. The Morgan fingerprint density at radius 3 is 2.67 bits per heavy atom. The zero-order valence-electron chi connectivity index (χ0n) is 10.5. The van der Waals surface area contributed by atoms with E-state index < -0.39 is 15.2 Å². The highest BCUT2D eigenvalue weighted by atomic mass is 32.2. The van der Waals surface area contributed by atoms with Crippen LogP contribution < -0.4 is 0 Å². The molecular formula is C11H19NO3S3. The maximum absolute atomic E-state index is 12.3. The number of hydrogen-bond acceptors (Lipinski definition) is 5. The number of hydrogen-bond donors (Lipinski definition) is 1. The van der Waals surface area contributed by atoms with Crippen molar-refractivity contribution < 1.29 is 13.2 Å². The van der Waals surface area contributed by atoms with E-state index in [9.17, 15) is 13.2 Å². The molecule has 1 saturated carbocycles. The third kappa shape index (κ3) is 3.17. The lowest BCUT2D eigenvalue weighted by molar-refractivity contribution is -0.132. The lowest BCUT2D eigenvalue weighted by atomic mass is 10.0. The van der Waals surface area contributed by atoms with Crippen LogP contribution in [0, 0.1) is 5.41 Å². The average molecular weight is 309 g/mol. The van der Waals surface area contributed by atoms with Crippen LogP contribution >= 0.6 is 24.4 Å². The van der Waals surface area contributed by atoms with Crippen molar-refractivity contribution in [1.82, 2.24) is 4.90 Å². The van der Waals surface area contributed by atoms with Crippen molar-refractivity contribution in [2.45, 2.75) is 24.6 Å². The fourth-order valence-corrected chi connectivity index (χ4v) is 5.48. The standard InChI is InChI=1S/C11H19NO3S3/c1-18(14,15)10-7-17-5-4-12(10)9(13)6-11(8-16)2-3-11/h10,16H,2-8H2,1H3. The Kier molecular flexibility index (Phi) is 4.23. The molecular weight excluding hydrogens is 290 g/mol. The third-order valence-electron chi connectivity index (χ3n) is 3.72. The second-order valence-corrected chi connectivity index (χ2v) is 8.95. The smallest absolute Gasteiger partial charge is 0.224 e. The second kappa shape index (κ2) is 5.25. The van der Waals surface area contributed by atoms with Gasteiger partial charge in [0.05, 0.1) is 0 Å². The zero-order chi connectivity index (χ0) is 13.4. The monoisotopic (exact) mass is 309 g/mol. The van der Waals surface area contributed by atoms with Crippen LogP contribution in [0.25, 0.3) is 0 Å². The van der Waals surface area contributed by atoms with Crippen LogP contribution in [-0.4, -0.2) is 54.7 Å². The van der Waals surface area contributed by atoms with E-state index in [1.807, 2.05) is 0 Å². The molecule has 0 spiro atoms. The summed E-state index contributed by atoms with van der Waals surface area (Å²) < 4.78 is 23.5. The van der Waals surface area contributed by atoms with E-state index >= 15 is 0 Å². The predicted octanol–water partition coefficient (Wildman–Crippen LogP) is 1.03. The summed E-state index contributed by atoms with van der Waals surface area (Å²) >= 11 is 5.89. The number of rotatable bonds is 4. The van der Waals surface area contributed by atoms with Gasteiger partial charge in [0.15, 0.2) is 9.84 Å². The van der Waals surface area contributed by atoms with Crippen LogP contribution in [0.1, 0.15) is 19.3 Å². The minimum Gasteiger partial charge on any atom is -0.324 e. The molecule has 1 saturated heterocycles. The minimum atomic E-state index is -3.20. The number of amides is 1. The van der Waals surface area contributed by atoms with E-state index in [1.165, 1.54) is 6.26 Å². The van der Waals surface area contributed by atoms with E-state index in [4.69, 9.17) is 0 Å². The summed E-state index contributed by atoms with van der Waals surface area (Å²) in [6, 6.07) is 0. The molecule has 0 aromatic heterocycles. The van der Waals surface area contributed by atoms with Gasteiger partial charge in [-0.15, -0.1) is 0 Å². The molecule has 1 amide bonds. The molecule has 104 valence electrons. The fraction of sp³-hybridized carbons (Fsp3) is 0.909. The summed E-state index contributed by atoms with van der Waals surface area (Å²) in [5.41, 5.74) is 0.0485. The molecule has 18 heavy (non-hydrogen) atoms. The summed E-state index contributed by atoms with van der Waals surface area (Å²) in [4.78, 5) is 13.9. The summed E-state index contributed by atoms with van der Waals surface area (Å²) in [5.74, 6) is 2.02. The molecule has 1 unspecified atom stereocenters. The van der Waals surface area contributed by atoms with Crippen LogP contribution in [0.15, 0.2) is 0 Å². The second-order valence-electron chi connectivity index (χ2n) is 5.28. The lowest BCUT2D eigenvalue weighted by Gasteiger charge is -2.35. The molecule has 7 heteroatoms. The number of thioether (sulfide) groups is 1. The molecule has 0 aromatic carbocycles. The van der Waals surface area contributed by atoms with Gasteiger partial charge in [0.2, 0.25) is 5.91 Å². The van der Waals surface area contributed by atoms with Crippen molar-refractivity contribution in [2.24, 2.45) is 5.41 Å². The number of nitrogens with zero attached hydrogens (tertiary/aromatic N) is 1. The van der Waals surface area contributed by atoms with Crippen molar-refractivity contribution in [2.75, 3.05) is 30.1 Å². The van der Waals surface area contributed by atoms with Gasteiger partial charge in [0, 0.05) is 30.7 Å². The van der Waals surface area contributed by atoms with Crippen molar-refractivity contribution in [3.8, 4) is 0 Å². The Labute approximate surface area is 118 Å². The highest BCUT2D eigenvalue weighted by molar-refractivity contribution is 8.00. The zero-order valence-corrected chi connectivity index (χ0v) is 13.0. The summed E-state index contributed by atoms with van der Waals surface area (Å²) in [6.45, 7) is 0.546. The molecule has 0 radical (unpaired) electrons. The van der Waals surface area contributed by atoms with Gasteiger partial charge in [0.25, 0.3) is 0 Å². The fourth-order valence-electron chi connectivity index (χ4n) is 2.21. The molecule has 0 aromatic rings. The van der Waals surface area contributed by atoms with Gasteiger partial charge < -0.3 is 4.90 Å². The third-order valence-corrected chi connectivity index (χ3v) is 7.03. The Balaban J connectivity index is 2.07. The van der Waals surface area contributed by atoms with E-state index in [0.29, 0.717) is 24.5 Å². The normalized spacial score (nSPS) is 27.0. The Bertz CT molecular complexity index is 431. The van der Waals surface area contributed by atoms with Gasteiger partial charge >= 0.3 is 0 Å². The van der Waals surface area contributed by atoms with Crippen LogP contribution in [0.4, 0.5) is 0 Å². The highest BCUT2D eigenvalue weighted by Gasteiger charge is 2.45. The van der Waals surface area contributed by atoms with Crippen LogP contribution in [0.3, 0.4) is 0 Å². The first-order valence-corrected chi connectivity index (χ1v) is 9.79. The van der Waals surface area contributed by atoms with E-state index in [-0.39, 0.29) is 11.3 Å². The van der Waals surface area contributed by atoms with Crippen LogP contribution in [0.2, 0.25) is 0 Å². The van der Waals surface area contributed by atoms with Gasteiger partial charge in [-0.3, -0.25) is 4.79 Å². The van der Waals surface area contributed by atoms with Gasteiger partial charge in [0.1, 0.15) is 5.37 Å². The van der Waals surface area contributed by atoms with Gasteiger partial charge in [-0.25, -0.2) is 8.42 Å². The van der Waals surface area contributed by atoms with Gasteiger partial charge in [-0.1, -0.05) is 0 Å². The first-order chi connectivity index (χ1) is 8.38. The predicted molar refractivity (Wildman–Crippen MR) is 77.8 cm³/mol. The van der Waals surface area contributed by atoms with Gasteiger partial charge in [-0.05, 0) is 24.0 Å². The number of thiol groups is 1. The number of carbonyl (C=O) groups excluding carboxylic acids is 1. The first kappa shape index (κ1) is 14.5. The molecule has 0 N–H and O–H groups in total. The van der Waals surface area contributed by atoms with Crippen LogP contribution in [0.5, 0.6) is 0 Å². The Morgan fingerprint density at radius 2 is 2.17 bits per heavy atom. The van der Waals surface area contributed by atoms with E-state index in [0.717, 1.165) is 18.6 Å². The van der Waals surface area contributed by atoms with Crippen molar-refractivity contribution in [3.63, 3.8) is 0 Å². The topological polar surface area (TPSA) is 54.5 Å². The maximum atomic E-state index is 12.3. The van der Waals surface area contributed by atoms with Crippen molar-refractivity contribution in [3.05, 3.63) is 0 Å². The minimum absolute atomic E-state index is 0.0164. The molecule has 0 bridgehead atoms. The molecule has 2 rings (SSSR count).